The Hall–Kier alpha value is -3.78. The number of hydrogen-bond acceptors (Lipinski definition) is 3. The molecule has 4 rings (SSSR count). The lowest BCUT2D eigenvalue weighted by Crippen LogP contribution is -2.13. The van der Waals surface area contributed by atoms with E-state index in [4.69, 9.17) is 27.9 Å². The first-order chi connectivity index (χ1) is 16.0. The number of carbonyl (C=O) groups excluding carboxylic acids is 1. The average Bonchev–Trinajstić information content (AvgIpc) is 2.83. The topological polar surface area (TPSA) is 62.1 Å². The predicted molar refractivity (Wildman–Crippen MR) is 133 cm³/mol. The van der Waals surface area contributed by atoms with E-state index in [1.807, 2.05) is 60.7 Å². The van der Waals surface area contributed by atoms with Gasteiger partial charge in [-0.25, -0.2) is 0 Å². The van der Waals surface area contributed by atoms with Crippen LogP contribution in [-0.2, 0) is 11.4 Å². The van der Waals surface area contributed by atoms with Crippen molar-refractivity contribution in [1.29, 1.82) is 5.26 Å². The Labute approximate surface area is 201 Å². The standard InChI is InChI=1S/C27H18Cl2N2O2/c28-21-10-12-22(13-11-21)31-27(32)20(16-30)15-24-23-7-3-1-5-18(23)9-14-26(24)33-17-19-6-2-4-8-25(19)29/h1-15H,17H2,(H,31,32)/b20-15-. The molecule has 0 heterocycles. The van der Waals surface area contributed by atoms with Crippen LogP contribution in [0.3, 0.4) is 0 Å². The van der Waals surface area contributed by atoms with Crippen molar-refractivity contribution in [3.8, 4) is 11.8 Å². The van der Waals surface area contributed by atoms with Gasteiger partial charge >= 0.3 is 0 Å². The molecule has 0 aliphatic heterocycles. The van der Waals surface area contributed by atoms with Gasteiger partial charge in [0.25, 0.3) is 5.91 Å². The van der Waals surface area contributed by atoms with Gasteiger partial charge in [-0.05, 0) is 53.2 Å². The summed E-state index contributed by atoms with van der Waals surface area (Å²) in [6.07, 6.45) is 1.55. The summed E-state index contributed by atoms with van der Waals surface area (Å²) < 4.78 is 6.08. The van der Waals surface area contributed by atoms with Crippen molar-refractivity contribution < 1.29 is 9.53 Å². The fourth-order valence-electron chi connectivity index (χ4n) is 3.35. The zero-order valence-corrected chi connectivity index (χ0v) is 18.9. The Morgan fingerprint density at radius 3 is 2.42 bits per heavy atom. The molecule has 0 spiro atoms. The lowest BCUT2D eigenvalue weighted by molar-refractivity contribution is -0.112. The van der Waals surface area contributed by atoms with Crippen LogP contribution >= 0.6 is 23.2 Å². The SMILES string of the molecule is N#C/C(=C/c1c(OCc2ccccc2Cl)ccc2ccccc12)C(=O)Nc1ccc(Cl)cc1. The predicted octanol–water partition coefficient (Wildman–Crippen LogP) is 7.27. The highest BCUT2D eigenvalue weighted by Crippen LogP contribution is 2.31. The van der Waals surface area contributed by atoms with Gasteiger partial charge in [-0.1, -0.05) is 71.7 Å². The van der Waals surface area contributed by atoms with E-state index in [2.05, 4.69) is 5.32 Å². The number of hydrogen-bond donors (Lipinski definition) is 1. The average molecular weight is 473 g/mol. The molecule has 4 aromatic carbocycles. The molecule has 6 heteroatoms. The fourth-order valence-corrected chi connectivity index (χ4v) is 3.66. The molecule has 1 N–H and O–H groups in total. The number of rotatable bonds is 6. The van der Waals surface area contributed by atoms with Crippen LogP contribution < -0.4 is 10.1 Å². The number of halogens is 2. The normalized spacial score (nSPS) is 11.1. The minimum Gasteiger partial charge on any atom is -0.488 e. The fraction of sp³-hybridized carbons (Fsp3) is 0.0370. The number of fused-ring (bicyclic) bond motifs is 1. The van der Waals surface area contributed by atoms with E-state index in [0.29, 0.717) is 27.0 Å². The molecule has 0 radical (unpaired) electrons. The number of benzene rings is 4. The number of anilines is 1. The molecule has 0 saturated heterocycles. The van der Waals surface area contributed by atoms with Crippen molar-refractivity contribution in [2.24, 2.45) is 0 Å². The zero-order valence-electron chi connectivity index (χ0n) is 17.4. The quantitative estimate of drug-likeness (QED) is 0.237. The van der Waals surface area contributed by atoms with Gasteiger partial charge in [-0.2, -0.15) is 5.26 Å². The number of nitriles is 1. The Balaban J connectivity index is 1.70. The third kappa shape index (κ3) is 5.35. The lowest BCUT2D eigenvalue weighted by atomic mass is 10.0. The molecule has 0 atom stereocenters. The van der Waals surface area contributed by atoms with Crippen molar-refractivity contribution >= 4 is 51.6 Å². The van der Waals surface area contributed by atoms with Crippen molar-refractivity contribution in [2.75, 3.05) is 5.32 Å². The van der Waals surface area contributed by atoms with E-state index in [9.17, 15) is 10.1 Å². The van der Waals surface area contributed by atoms with Crippen LogP contribution in [0.1, 0.15) is 11.1 Å². The molecule has 0 unspecified atom stereocenters. The highest BCUT2D eigenvalue weighted by atomic mass is 35.5. The first-order valence-corrected chi connectivity index (χ1v) is 10.9. The Morgan fingerprint density at radius 1 is 0.939 bits per heavy atom. The minimum absolute atomic E-state index is 0.0519. The summed E-state index contributed by atoms with van der Waals surface area (Å²) >= 11 is 12.2. The molecular weight excluding hydrogens is 455 g/mol. The van der Waals surface area contributed by atoms with Gasteiger partial charge in [0.2, 0.25) is 0 Å². The van der Waals surface area contributed by atoms with Crippen molar-refractivity contribution in [3.63, 3.8) is 0 Å². The highest BCUT2D eigenvalue weighted by Gasteiger charge is 2.14. The van der Waals surface area contributed by atoms with E-state index in [1.54, 1.807) is 36.4 Å². The van der Waals surface area contributed by atoms with Gasteiger partial charge in [0.05, 0.1) is 0 Å². The van der Waals surface area contributed by atoms with Crippen molar-refractivity contribution in [1.82, 2.24) is 0 Å². The summed E-state index contributed by atoms with van der Waals surface area (Å²) in [5.41, 5.74) is 1.97. The summed E-state index contributed by atoms with van der Waals surface area (Å²) in [4.78, 5) is 12.8. The van der Waals surface area contributed by atoms with Crippen molar-refractivity contribution in [3.05, 3.63) is 112 Å². The van der Waals surface area contributed by atoms with Gasteiger partial charge < -0.3 is 10.1 Å². The lowest BCUT2D eigenvalue weighted by Gasteiger charge is -2.13. The van der Waals surface area contributed by atoms with E-state index in [-0.39, 0.29) is 12.2 Å². The summed E-state index contributed by atoms with van der Waals surface area (Å²) in [5, 5.41) is 15.4. The maximum Gasteiger partial charge on any atom is 0.266 e. The third-order valence-corrected chi connectivity index (χ3v) is 5.65. The van der Waals surface area contributed by atoms with Gasteiger partial charge in [0, 0.05) is 26.9 Å². The number of carbonyl (C=O) groups is 1. The Bertz CT molecular complexity index is 1390. The van der Waals surface area contributed by atoms with Gasteiger partial charge in [-0.15, -0.1) is 0 Å². The molecular formula is C27H18Cl2N2O2. The molecule has 0 aliphatic rings. The van der Waals surface area contributed by atoms with Crippen LogP contribution in [0, 0.1) is 11.3 Å². The molecule has 0 aromatic heterocycles. The van der Waals surface area contributed by atoms with E-state index >= 15 is 0 Å². The summed E-state index contributed by atoms with van der Waals surface area (Å²) in [7, 11) is 0. The highest BCUT2D eigenvalue weighted by molar-refractivity contribution is 6.31. The van der Waals surface area contributed by atoms with Crippen LogP contribution in [0.4, 0.5) is 5.69 Å². The van der Waals surface area contributed by atoms with E-state index in [1.165, 1.54) is 0 Å². The Kier molecular flexibility index (Phi) is 6.95. The van der Waals surface area contributed by atoms with Crippen LogP contribution in [0.2, 0.25) is 10.0 Å². The van der Waals surface area contributed by atoms with Crippen LogP contribution in [0.25, 0.3) is 16.8 Å². The van der Waals surface area contributed by atoms with Crippen molar-refractivity contribution in [2.45, 2.75) is 6.61 Å². The van der Waals surface area contributed by atoms with E-state index < -0.39 is 5.91 Å². The van der Waals surface area contributed by atoms with Crippen LogP contribution in [0.15, 0.2) is 90.5 Å². The molecule has 162 valence electrons. The molecule has 0 aliphatic carbocycles. The first-order valence-electron chi connectivity index (χ1n) is 10.1. The number of ether oxygens (including phenoxy) is 1. The van der Waals surface area contributed by atoms with Crippen LogP contribution in [0.5, 0.6) is 5.75 Å². The number of nitrogens with one attached hydrogen (secondary N) is 1. The van der Waals surface area contributed by atoms with E-state index in [0.717, 1.165) is 16.3 Å². The molecule has 0 fully saturated rings. The largest absolute Gasteiger partial charge is 0.488 e. The molecule has 0 saturated carbocycles. The summed E-state index contributed by atoms with van der Waals surface area (Å²) in [6, 6.07) is 27.6. The number of nitrogens with zero attached hydrogens (tertiary/aromatic N) is 1. The molecule has 4 nitrogen and oxygen atoms in total. The summed E-state index contributed by atoms with van der Waals surface area (Å²) in [5.74, 6) is 0.0190. The molecule has 33 heavy (non-hydrogen) atoms. The van der Waals surface area contributed by atoms with Gasteiger partial charge in [0.1, 0.15) is 24.0 Å². The maximum atomic E-state index is 12.8. The first kappa shape index (κ1) is 22.4. The van der Waals surface area contributed by atoms with Gasteiger partial charge in [-0.3, -0.25) is 4.79 Å². The monoisotopic (exact) mass is 472 g/mol. The van der Waals surface area contributed by atoms with Gasteiger partial charge in [0.15, 0.2) is 0 Å². The zero-order chi connectivity index (χ0) is 23.2. The second kappa shape index (κ2) is 10.2. The third-order valence-electron chi connectivity index (χ3n) is 5.03. The minimum atomic E-state index is -0.523. The Morgan fingerprint density at radius 2 is 1.67 bits per heavy atom. The second-order valence-corrected chi connectivity index (χ2v) is 8.05. The molecule has 1 amide bonds. The molecule has 4 aromatic rings. The summed E-state index contributed by atoms with van der Waals surface area (Å²) in [6.45, 7) is 0.248. The second-order valence-electron chi connectivity index (χ2n) is 7.21. The smallest absolute Gasteiger partial charge is 0.266 e. The number of amides is 1. The maximum absolute atomic E-state index is 12.8. The molecule has 0 bridgehead atoms. The van der Waals surface area contributed by atoms with Crippen LogP contribution in [-0.4, -0.2) is 5.91 Å².